The number of nitrogens with one attached hydrogen (secondary N) is 1. The largest absolute Gasteiger partial charge is 0.394 e. The Bertz CT molecular complexity index is 2090. The molecule has 0 bridgehead atoms. The van der Waals surface area contributed by atoms with Crippen LogP contribution in [-0.4, -0.2) is 193 Å². The van der Waals surface area contributed by atoms with E-state index in [4.69, 9.17) is 28.4 Å². The number of rotatable bonds is 78. The molecule has 0 aromatic rings. The van der Waals surface area contributed by atoms with Gasteiger partial charge in [-0.25, -0.2) is 0 Å². The Morgan fingerprint density at radius 3 is 0.901 bits per heavy atom. The minimum Gasteiger partial charge on any atom is -0.394 e. The molecule has 19 nitrogen and oxygen atoms in total. The summed E-state index contributed by atoms with van der Waals surface area (Å²) in [5.41, 5.74) is 0. The van der Waals surface area contributed by atoms with Gasteiger partial charge in [0.1, 0.15) is 73.2 Å². The topological polar surface area (TPSA) is 307 Å². The number of ether oxygens (including phenoxy) is 6. The van der Waals surface area contributed by atoms with Gasteiger partial charge in [-0.2, -0.15) is 0 Å². The number of hydrogen-bond acceptors (Lipinski definition) is 18. The van der Waals surface area contributed by atoms with Crippen LogP contribution >= 0.6 is 0 Å². The lowest BCUT2D eigenvalue weighted by molar-refractivity contribution is -0.379. The van der Waals surface area contributed by atoms with E-state index < -0.39 is 124 Å². The number of aliphatic hydroxyl groups is 11. The zero-order valence-corrected chi connectivity index (χ0v) is 71.0. The highest BCUT2D eigenvalue weighted by Gasteiger charge is 2.54. The third kappa shape index (κ3) is 50.7. The van der Waals surface area contributed by atoms with Gasteiger partial charge in [0.05, 0.1) is 38.6 Å². The molecular weight excluding hydrogens is 1410 g/mol. The predicted molar refractivity (Wildman–Crippen MR) is 448 cm³/mol. The highest BCUT2D eigenvalue weighted by atomic mass is 16.8. The number of aliphatic hydroxyl groups excluding tert-OH is 11. The van der Waals surface area contributed by atoms with Gasteiger partial charge in [0.25, 0.3) is 0 Å². The van der Waals surface area contributed by atoms with Gasteiger partial charge in [-0.1, -0.05) is 411 Å². The van der Waals surface area contributed by atoms with Crippen molar-refractivity contribution in [3.05, 3.63) is 24.3 Å². The second-order valence-corrected chi connectivity index (χ2v) is 33.8. The van der Waals surface area contributed by atoms with Crippen LogP contribution < -0.4 is 5.32 Å². The third-order valence-corrected chi connectivity index (χ3v) is 23.8. The van der Waals surface area contributed by atoms with Crippen LogP contribution in [0.4, 0.5) is 0 Å². The van der Waals surface area contributed by atoms with Gasteiger partial charge < -0.3 is 89.9 Å². The summed E-state index contributed by atoms with van der Waals surface area (Å²) in [7, 11) is 0. The van der Waals surface area contributed by atoms with Crippen molar-refractivity contribution in [3.8, 4) is 0 Å². The summed E-state index contributed by atoms with van der Waals surface area (Å²) in [6.45, 7) is 1.80. The van der Waals surface area contributed by atoms with Crippen molar-refractivity contribution in [1.29, 1.82) is 0 Å². The molecule has 0 radical (unpaired) electrons. The highest BCUT2D eigenvalue weighted by Crippen LogP contribution is 2.34. The van der Waals surface area contributed by atoms with E-state index in [9.17, 15) is 61.0 Å². The molecule has 0 saturated carbocycles. The van der Waals surface area contributed by atoms with E-state index in [0.717, 1.165) is 38.5 Å². The molecule has 19 heteroatoms. The van der Waals surface area contributed by atoms with Crippen LogP contribution in [0.2, 0.25) is 0 Å². The van der Waals surface area contributed by atoms with Crippen molar-refractivity contribution in [1.82, 2.24) is 5.32 Å². The van der Waals surface area contributed by atoms with Crippen LogP contribution in [0.3, 0.4) is 0 Å². The zero-order valence-electron chi connectivity index (χ0n) is 71.0. The average Bonchev–Trinajstić information content (AvgIpc) is 0.781. The highest BCUT2D eigenvalue weighted by molar-refractivity contribution is 5.76. The molecule has 3 aliphatic heterocycles. The Labute approximate surface area is 677 Å². The normalized spacial score (nSPS) is 25.1. The first-order valence-electron chi connectivity index (χ1n) is 47.1. The van der Waals surface area contributed by atoms with Gasteiger partial charge >= 0.3 is 0 Å². The summed E-state index contributed by atoms with van der Waals surface area (Å²) >= 11 is 0. The zero-order chi connectivity index (χ0) is 80.3. The Hall–Kier alpha value is -1.73. The summed E-state index contributed by atoms with van der Waals surface area (Å²) in [6.07, 6.45) is 65.1. The summed E-state index contributed by atoms with van der Waals surface area (Å²) in [5.74, 6) is -0.275. The molecular formula is C92H175NO18. The maximum Gasteiger partial charge on any atom is 0.220 e. The Morgan fingerprint density at radius 1 is 0.315 bits per heavy atom. The molecule has 3 aliphatic rings. The van der Waals surface area contributed by atoms with Crippen LogP contribution in [0.5, 0.6) is 0 Å². The maximum absolute atomic E-state index is 13.5. The van der Waals surface area contributed by atoms with Gasteiger partial charge in [0, 0.05) is 6.42 Å². The Kier molecular flexibility index (Phi) is 67.4. The molecule has 3 rings (SSSR count). The third-order valence-electron chi connectivity index (χ3n) is 23.8. The lowest BCUT2D eigenvalue weighted by Crippen LogP contribution is -2.66. The summed E-state index contributed by atoms with van der Waals surface area (Å²) < 4.78 is 34.5. The second-order valence-electron chi connectivity index (χ2n) is 33.8. The molecule has 17 atom stereocenters. The Morgan fingerprint density at radius 2 is 0.577 bits per heavy atom. The van der Waals surface area contributed by atoms with Crippen LogP contribution in [0.25, 0.3) is 0 Å². The van der Waals surface area contributed by atoms with Gasteiger partial charge in [0.15, 0.2) is 18.9 Å². The van der Waals surface area contributed by atoms with Crippen molar-refractivity contribution in [2.45, 2.75) is 529 Å². The van der Waals surface area contributed by atoms with Crippen molar-refractivity contribution in [3.63, 3.8) is 0 Å². The van der Waals surface area contributed by atoms with Gasteiger partial charge in [-0.05, 0) is 32.1 Å². The average molecular weight is 1580 g/mol. The fourth-order valence-corrected chi connectivity index (χ4v) is 16.3. The first kappa shape index (κ1) is 103. The summed E-state index contributed by atoms with van der Waals surface area (Å²) in [5, 5.41) is 121. The summed E-state index contributed by atoms with van der Waals surface area (Å²) in [4.78, 5) is 13.5. The van der Waals surface area contributed by atoms with Crippen LogP contribution in [-0.2, 0) is 33.2 Å². The molecule has 111 heavy (non-hydrogen) atoms. The van der Waals surface area contributed by atoms with Crippen LogP contribution in [0.15, 0.2) is 24.3 Å². The molecule has 0 aliphatic carbocycles. The molecule has 0 aromatic heterocycles. The monoisotopic (exact) mass is 1580 g/mol. The number of allylic oxidation sites excluding steroid dienone is 3. The fourth-order valence-electron chi connectivity index (χ4n) is 16.3. The smallest absolute Gasteiger partial charge is 0.220 e. The number of carbonyl (C=O) groups is 1. The lowest BCUT2D eigenvalue weighted by Gasteiger charge is -2.48. The van der Waals surface area contributed by atoms with Crippen molar-refractivity contribution in [2.75, 3.05) is 26.4 Å². The second kappa shape index (κ2) is 72.3. The molecule has 0 aromatic carbocycles. The van der Waals surface area contributed by atoms with Crippen LogP contribution in [0, 0.1) is 0 Å². The number of carbonyl (C=O) groups excluding carboxylic acids is 1. The minimum atomic E-state index is -1.98. The van der Waals surface area contributed by atoms with Crippen molar-refractivity contribution in [2.24, 2.45) is 0 Å². The SMILES string of the molecule is CCCCCCCCCCCCCCCCCCCCCCC/C=C/CC/C=C/C(O)C(COC1OC(CO)C(OC2OC(CO)C(OC3OC(CO)C(O)C(O)C3O)C(O)C2O)C(O)C1O)NC(=O)CCCCCCCCCCCCCCCCCCCCCCCCCCCCCCCCCCCCCCCCC. The van der Waals surface area contributed by atoms with Crippen molar-refractivity contribution >= 4 is 5.91 Å². The molecule has 3 saturated heterocycles. The van der Waals surface area contributed by atoms with E-state index in [-0.39, 0.29) is 18.9 Å². The molecule has 656 valence electrons. The maximum atomic E-state index is 13.5. The first-order valence-corrected chi connectivity index (χ1v) is 47.1. The van der Waals surface area contributed by atoms with Gasteiger partial charge in [-0.3, -0.25) is 4.79 Å². The van der Waals surface area contributed by atoms with E-state index in [1.165, 1.54) is 353 Å². The molecule has 0 spiro atoms. The molecule has 17 unspecified atom stereocenters. The molecule has 3 heterocycles. The van der Waals surface area contributed by atoms with Gasteiger partial charge in [-0.15, -0.1) is 0 Å². The van der Waals surface area contributed by atoms with E-state index >= 15 is 0 Å². The van der Waals surface area contributed by atoms with Crippen LogP contribution in [0.1, 0.15) is 425 Å². The Balaban J connectivity index is 1.30. The fraction of sp³-hybridized carbons (Fsp3) is 0.946. The van der Waals surface area contributed by atoms with Gasteiger partial charge in [0.2, 0.25) is 5.91 Å². The number of hydrogen-bond donors (Lipinski definition) is 12. The van der Waals surface area contributed by atoms with E-state index in [1.807, 2.05) is 6.08 Å². The summed E-state index contributed by atoms with van der Waals surface area (Å²) in [6, 6.07) is -0.989. The van der Waals surface area contributed by atoms with E-state index in [1.54, 1.807) is 6.08 Å². The molecule has 3 fully saturated rings. The number of unbranched alkanes of at least 4 members (excludes halogenated alkanes) is 60. The lowest BCUT2D eigenvalue weighted by atomic mass is 9.96. The quantitative estimate of drug-likeness (QED) is 0.0199. The van der Waals surface area contributed by atoms with E-state index in [2.05, 4.69) is 31.3 Å². The van der Waals surface area contributed by atoms with E-state index in [0.29, 0.717) is 12.8 Å². The first-order chi connectivity index (χ1) is 54.3. The number of amides is 1. The predicted octanol–water partition coefficient (Wildman–Crippen LogP) is 18.4. The standard InChI is InChI=1S/C92H175NO18/c1-3-5-7-9-11-13-15-17-19-21-23-25-27-29-31-32-33-34-35-36-37-38-39-40-41-42-44-46-48-50-52-54-56-58-60-62-64-66-68-70-80(98)93-75(76(97)69-67-65-63-61-59-57-55-53-51-49-47-45-43-30-28-26-24-22-20-18-16-14-12-10-8-6-4-2)74-106-90-86(104)83(101)88(78(72-95)108-90)111-92-87(105)84(102)89(79(73-96)109-92)110-91-85(103)82(100)81(99)77(71-94)107-91/h59,61,67,69,75-79,81-92,94-97,99-105H,3-58,60,62-66,68,70-74H2,1-2H3,(H,93,98)/b61-59+,69-67+. The minimum absolute atomic E-state index is 0.241. The molecule has 1 amide bonds. The molecule has 12 N–H and O–H groups in total. The van der Waals surface area contributed by atoms with Crippen molar-refractivity contribution < 1.29 is 89.4 Å².